The zero-order valence-electron chi connectivity index (χ0n) is 13.2. The number of piperidine rings is 1. The van der Waals surface area contributed by atoms with E-state index in [9.17, 15) is 9.59 Å². The fourth-order valence-electron chi connectivity index (χ4n) is 2.88. The molecule has 0 spiro atoms. The van der Waals surface area contributed by atoms with E-state index in [-0.39, 0.29) is 17.7 Å². The van der Waals surface area contributed by atoms with E-state index in [1.165, 1.54) is 0 Å². The number of amides is 2. The largest absolute Gasteiger partial charge is 0.467 e. The number of hydrogen-bond acceptors (Lipinski definition) is 3. The van der Waals surface area contributed by atoms with Crippen LogP contribution in [0.4, 0.5) is 0 Å². The molecule has 1 aliphatic rings. The summed E-state index contributed by atoms with van der Waals surface area (Å²) in [5.41, 5.74) is 0.514. The van der Waals surface area contributed by atoms with Crippen LogP contribution in [0.1, 0.15) is 29.0 Å². The molecule has 24 heavy (non-hydrogen) atoms. The standard InChI is InChI=1S/C18H19ClN2O3/c19-16-6-2-1-5-15(16)18(23)21-9-7-13(8-10-21)17(22)20-12-14-4-3-11-24-14/h1-6,11,13H,7-10,12H2,(H,20,22). The second-order valence-electron chi connectivity index (χ2n) is 5.84. The van der Waals surface area contributed by atoms with Crippen molar-refractivity contribution in [3.8, 4) is 0 Å². The minimum Gasteiger partial charge on any atom is -0.467 e. The highest BCUT2D eigenvalue weighted by Crippen LogP contribution is 2.22. The van der Waals surface area contributed by atoms with Crippen molar-refractivity contribution in [2.45, 2.75) is 19.4 Å². The number of carbonyl (C=O) groups excluding carboxylic acids is 2. The van der Waals surface area contributed by atoms with E-state index in [4.69, 9.17) is 16.0 Å². The van der Waals surface area contributed by atoms with Crippen molar-refractivity contribution in [3.05, 3.63) is 59.0 Å². The Morgan fingerprint density at radius 1 is 1.17 bits per heavy atom. The Morgan fingerprint density at radius 3 is 2.58 bits per heavy atom. The fraction of sp³-hybridized carbons (Fsp3) is 0.333. The van der Waals surface area contributed by atoms with Gasteiger partial charge in [-0.3, -0.25) is 9.59 Å². The van der Waals surface area contributed by atoms with E-state index >= 15 is 0 Å². The average Bonchev–Trinajstić information content (AvgIpc) is 3.13. The van der Waals surface area contributed by atoms with Gasteiger partial charge in [-0.15, -0.1) is 0 Å². The first-order valence-corrected chi connectivity index (χ1v) is 8.37. The van der Waals surface area contributed by atoms with Crippen LogP contribution in [0, 0.1) is 5.92 Å². The zero-order chi connectivity index (χ0) is 16.9. The topological polar surface area (TPSA) is 62.6 Å². The summed E-state index contributed by atoms with van der Waals surface area (Å²) in [6, 6.07) is 10.7. The van der Waals surface area contributed by atoms with Gasteiger partial charge in [0.15, 0.2) is 0 Å². The SMILES string of the molecule is O=C(NCc1ccco1)C1CCN(C(=O)c2ccccc2Cl)CC1. The maximum absolute atomic E-state index is 12.5. The number of nitrogens with zero attached hydrogens (tertiary/aromatic N) is 1. The molecule has 126 valence electrons. The Bertz CT molecular complexity index is 707. The molecule has 1 aromatic carbocycles. The van der Waals surface area contributed by atoms with Gasteiger partial charge in [-0.25, -0.2) is 0 Å². The molecule has 0 atom stereocenters. The monoisotopic (exact) mass is 346 g/mol. The van der Waals surface area contributed by atoms with Crippen molar-refractivity contribution < 1.29 is 14.0 Å². The van der Waals surface area contributed by atoms with Crippen LogP contribution in [0.2, 0.25) is 5.02 Å². The van der Waals surface area contributed by atoms with Crippen molar-refractivity contribution >= 4 is 23.4 Å². The van der Waals surface area contributed by atoms with Crippen molar-refractivity contribution in [1.82, 2.24) is 10.2 Å². The molecule has 0 aliphatic carbocycles. The molecule has 2 amide bonds. The first-order chi connectivity index (χ1) is 11.6. The summed E-state index contributed by atoms with van der Waals surface area (Å²) in [7, 11) is 0. The normalized spacial score (nSPS) is 15.3. The summed E-state index contributed by atoms with van der Waals surface area (Å²) in [4.78, 5) is 26.5. The Balaban J connectivity index is 1.51. The number of furan rings is 1. The molecule has 2 heterocycles. The van der Waals surface area contributed by atoms with Crippen LogP contribution in [0.25, 0.3) is 0 Å². The highest BCUT2D eigenvalue weighted by molar-refractivity contribution is 6.33. The van der Waals surface area contributed by atoms with Crippen molar-refractivity contribution in [2.24, 2.45) is 5.92 Å². The number of carbonyl (C=O) groups is 2. The summed E-state index contributed by atoms with van der Waals surface area (Å²) in [6.45, 7) is 1.51. The van der Waals surface area contributed by atoms with Crippen LogP contribution in [-0.4, -0.2) is 29.8 Å². The minimum atomic E-state index is -0.0740. The van der Waals surface area contributed by atoms with Crippen molar-refractivity contribution in [2.75, 3.05) is 13.1 Å². The summed E-state index contributed by atoms with van der Waals surface area (Å²) >= 11 is 6.09. The lowest BCUT2D eigenvalue weighted by molar-refractivity contribution is -0.126. The quantitative estimate of drug-likeness (QED) is 0.925. The van der Waals surface area contributed by atoms with Crippen LogP contribution in [0.5, 0.6) is 0 Å². The predicted molar refractivity (Wildman–Crippen MR) is 90.6 cm³/mol. The smallest absolute Gasteiger partial charge is 0.255 e. The summed E-state index contributed by atoms with van der Waals surface area (Å²) in [5.74, 6) is 0.594. The molecular weight excluding hydrogens is 328 g/mol. The Hall–Kier alpha value is -2.27. The molecule has 6 heteroatoms. The summed E-state index contributed by atoms with van der Waals surface area (Å²) in [5, 5.41) is 3.34. The van der Waals surface area contributed by atoms with Crippen molar-refractivity contribution in [1.29, 1.82) is 0 Å². The first-order valence-electron chi connectivity index (χ1n) is 7.99. The Kier molecular flexibility index (Phi) is 5.20. The third-order valence-electron chi connectivity index (χ3n) is 4.27. The second kappa shape index (κ2) is 7.53. The molecule has 1 aliphatic heterocycles. The molecule has 0 saturated carbocycles. The van der Waals surface area contributed by atoms with Gasteiger partial charge >= 0.3 is 0 Å². The van der Waals surface area contributed by atoms with E-state index in [1.807, 2.05) is 6.07 Å². The van der Waals surface area contributed by atoms with E-state index in [0.29, 0.717) is 43.1 Å². The van der Waals surface area contributed by atoms with Gasteiger partial charge in [0, 0.05) is 19.0 Å². The molecule has 3 rings (SSSR count). The molecule has 0 unspecified atom stereocenters. The van der Waals surface area contributed by atoms with Gasteiger partial charge in [0.25, 0.3) is 5.91 Å². The van der Waals surface area contributed by atoms with Gasteiger partial charge in [-0.05, 0) is 37.1 Å². The van der Waals surface area contributed by atoms with Gasteiger partial charge < -0.3 is 14.6 Å². The first kappa shape index (κ1) is 16.6. The van der Waals surface area contributed by atoms with Gasteiger partial charge in [0.05, 0.1) is 23.4 Å². The maximum atomic E-state index is 12.5. The second-order valence-corrected chi connectivity index (χ2v) is 6.25. The Labute approximate surface area is 145 Å². The molecule has 1 aromatic heterocycles. The molecule has 2 aromatic rings. The third kappa shape index (κ3) is 3.79. The lowest BCUT2D eigenvalue weighted by atomic mass is 9.95. The predicted octanol–water partition coefficient (Wildman–Crippen LogP) is 3.10. The maximum Gasteiger partial charge on any atom is 0.255 e. The Morgan fingerprint density at radius 2 is 1.92 bits per heavy atom. The van der Waals surface area contributed by atoms with Gasteiger partial charge in [0.1, 0.15) is 5.76 Å². The number of hydrogen-bond donors (Lipinski definition) is 1. The van der Waals surface area contributed by atoms with Crippen LogP contribution in [-0.2, 0) is 11.3 Å². The lowest BCUT2D eigenvalue weighted by Crippen LogP contribution is -2.43. The van der Waals surface area contributed by atoms with Crippen molar-refractivity contribution in [3.63, 3.8) is 0 Å². The zero-order valence-corrected chi connectivity index (χ0v) is 14.0. The van der Waals surface area contributed by atoms with Gasteiger partial charge in [-0.2, -0.15) is 0 Å². The highest BCUT2D eigenvalue weighted by Gasteiger charge is 2.28. The summed E-state index contributed by atoms with van der Waals surface area (Å²) < 4.78 is 5.20. The number of nitrogens with one attached hydrogen (secondary N) is 1. The highest BCUT2D eigenvalue weighted by atomic mass is 35.5. The molecule has 0 radical (unpaired) electrons. The van der Waals surface area contributed by atoms with E-state index in [2.05, 4.69) is 5.32 Å². The molecule has 1 saturated heterocycles. The summed E-state index contributed by atoms with van der Waals surface area (Å²) in [6.07, 6.45) is 2.89. The van der Waals surface area contributed by atoms with E-state index in [0.717, 1.165) is 5.76 Å². The van der Waals surface area contributed by atoms with E-state index in [1.54, 1.807) is 41.5 Å². The number of rotatable bonds is 4. The number of benzene rings is 1. The molecular formula is C18H19ClN2O3. The molecule has 1 fully saturated rings. The number of halogens is 1. The third-order valence-corrected chi connectivity index (χ3v) is 4.60. The van der Waals surface area contributed by atoms with E-state index < -0.39 is 0 Å². The van der Waals surface area contributed by atoms with Crippen LogP contribution < -0.4 is 5.32 Å². The van der Waals surface area contributed by atoms with Crippen LogP contribution in [0.15, 0.2) is 47.1 Å². The number of likely N-dealkylation sites (tertiary alicyclic amines) is 1. The minimum absolute atomic E-state index is 0.0104. The lowest BCUT2D eigenvalue weighted by Gasteiger charge is -2.31. The van der Waals surface area contributed by atoms with Gasteiger partial charge in [-0.1, -0.05) is 23.7 Å². The molecule has 0 bridgehead atoms. The molecule has 5 nitrogen and oxygen atoms in total. The van der Waals surface area contributed by atoms with Gasteiger partial charge in [0.2, 0.25) is 5.91 Å². The average molecular weight is 347 g/mol. The molecule has 1 N–H and O–H groups in total. The van der Waals surface area contributed by atoms with Crippen LogP contribution in [0.3, 0.4) is 0 Å². The van der Waals surface area contributed by atoms with Crippen LogP contribution >= 0.6 is 11.6 Å². The fourth-order valence-corrected chi connectivity index (χ4v) is 3.10.